The number of sulfonamides is 1. The van der Waals surface area contributed by atoms with Crippen molar-refractivity contribution in [3.05, 3.63) is 70.2 Å². The van der Waals surface area contributed by atoms with Crippen LogP contribution in [-0.4, -0.2) is 18.8 Å². The summed E-state index contributed by atoms with van der Waals surface area (Å²) in [5.41, 5.74) is 0.522. The molecule has 0 heterocycles. The van der Waals surface area contributed by atoms with Gasteiger partial charge in [-0.15, -0.1) is 0 Å². The van der Waals surface area contributed by atoms with Crippen LogP contribution in [0, 0.1) is 11.6 Å². The van der Waals surface area contributed by atoms with Gasteiger partial charge in [-0.2, -0.15) is 4.31 Å². The highest BCUT2D eigenvalue weighted by Crippen LogP contribution is 2.34. The van der Waals surface area contributed by atoms with Crippen LogP contribution in [0.15, 0.2) is 42.5 Å². The van der Waals surface area contributed by atoms with Crippen molar-refractivity contribution in [1.29, 1.82) is 0 Å². The third kappa shape index (κ3) is 3.94. The van der Waals surface area contributed by atoms with E-state index in [9.17, 15) is 17.2 Å². The first-order valence-electron chi connectivity index (χ1n) is 7.53. The smallest absolute Gasteiger partial charge is 0.212 e. The topological polar surface area (TPSA) is 37.4 Å². The molecule has 24 heavy (non-hydrogen) atoms. The maximum atomic E-state index is 14.0. The van der Waals surface area contributed by atoms with Crippen molar-refractivity contribution in [2.75, 3.05) is 0 Å². The van der Waals surface area contributed by atoms with Crippen LogP contribution >= 0.6 is 11.6 Å². The molecule has 0 aliphatic heterocycles. The maximum Gasteiger partial charge on any atom is 0.218 e. The molecule has 0 saturated heterocycles. The van der Waals surface area contributed by atoms with E-state index in [2.05, 4.69) is 0 Å². The summed E-state index contributed by atoms with van der Waals surface area (Å²) in [6.45, 7) is -0.117. The van der Waals surface area contributed by atoms with Crippen molar-refractivity contribution in [3.8, 4) is 0 Å². The highest BCUT2D eigenvalue weighted by Gasteiger charge is 2.38. The summed E-state index contributed by atoms with van der Waals surface area (Å²) in [4.78, 5) is 0. The van der Waals surface area contributed by atoms with Gasteiger partial charge in [0.15, 0.2) is 0 Å². The Bertz CT molecular complexity index is 833. The molecule has 2 aromatic rings. The first-order valence-corrected chi connectivity index (χ1v) is 9.52. The molecule has 0 unspecified atom stereocenters. The van der Waals surface area contributed by atoms with Crippen LogP contribution in [-0.2, 0) is 22.3 Å². The molecule has 1 saturated carbocycles. The standard InChI is InChI=1S/C17H16ClF2NO2S/c18-16-5-2-6-17(20)15(16)10-21(14-7-8-14)24(22,23)11-12-3-1-4-13(19)9-12/h1-6,9,14H,7-8,10-11H2. The van der Waals surface area contributed by atoms with Crippen molar-refractivity contribution >= 4 is 21.6 Å². The Balaban J connectivity index is 1.87. The summed E-state index contributed by atoms with van der Waals surface area (Å²) in [5, 5.41) is 0.196. The molecular formula is C17H16ClF2NO2S. The van der Waals surface area contributed by atoms with E-state index in [1.807, 2.05) is 0 Å². The molecule has 1 aliphatic carbocycles. The van der Waals surface area contributed by atoms with Crippen molar-refractivity contribution in [2.45, 2.75) is 31.2 Å². The fraction of sp³-hybridized carbons (Fsp3) is 0.294. The van der Waals surface area contributed by atoms with Gasteiger partial charge < -0.3 is 0 Å². The van der Waals surface area contributed by atoms with Gasteiger partial charge in [0.25, 0.3) is 0 Å². The average molecular weight is 372 g/mol. The molecular weight excluding hydrogens is 356 g/mol. The zero-order valence-corrected chi connectivity index (χ0v) is 14.3. The van der Waals surface area contributed by atoms with E-state index < -0.39 is 21.7 Å². The summed E-state index contributed by atoms with van der Waals surface area (Å²) in [5.74, 6) is -1.35. The van der Waals surface area contributed by atoms with Crippen LogP contribution in [0.2, 0.25) is 5.02 Å². The summed E-state index contributed by atoms with van der Waals surface area (Å²) in [7, 11) is -3.72. The number of hydrogen-bond acceptors (Lipinski definition) is 2. The summed E-state index contributed by atoms with van der Waals surface area (Å²) in [6.07, 6.45) is 1.46. The summed E-state index contributed by atoms with van der Waals surface area (Å²) < 4.78 is 54.1. The largest absolute Gasteiger partial charge is 0.218 e. The van der Waals surface area contributed by atoms with Crippen LogP contribution in [0.1, 0.15) is 24.0 Å². The minimum atomic E-state index is -3.72. The van der Waals surface area contributed by atoms with Gasteiger partial charge in [0.1, 0.15) is 11.6 Å². The fourth-order valence-electron chi connectivity index (χ4n) is 2.58. The third-order valence-corrected chi connectivity index (χ3v) is 6.12. The molecule has 1 fully saturated rings. The highest BCUT2D eigenvalue weighted by molar-refractivity contribution is 7.88. The van der Waals surface area contributed by atoms with E-state index in [1.54, 1.807) is 6.07 Å². The predicted molar refractivity (Wildman–Crippen MR) is 89.0 cm³/mol. The van der Waals surface area contributed by atoms with Gasteiger partial charge in [-0.25, -0.2) is 17.2 Å². The SMILES string of the molecule is O=S(=O)(Cc1cccc(F)c1)N(Cc1c(F)cccc1Cl)C1CC1. The number of nitrogens with zero attached hydrogens (tertiary/aromatic N) is 1. The van der Waals surface area contributed by atoms with E-state index in [0.717, 1.165) is 12.8 Å². The molecule has 1 aliphatic rings. The van der Waals surface area contributed by atoms with E-state index in [0.29, 0.717) is 5.56 Å². The summed E-state index contributed by atoms with van der Waals surface area (Å²) >= 11 is 6.02. The van der Waals surface area contributed by atoms with Gasteiger partial charge in [-0.05, 0) is 42.7 Å². The normalized spacial score (nSPS) is 15.0. The Morgan fingerprint density at radius 3 is 2.46 bits per heavy atom. The molecule has 7 heteroatoms. The van der Waals surface area contributed by atoms with Crippen LogP contribution in [0.25, 0.3) is 0 Å². The first kappa shape index (κ1) is 17.3. The second kappa shape index (κ2) is 6.78. The Labute approximate surface area is 144 Å². The van der Waals surface area contributed by atoms with Gasteiger partial charge in [-0.3, -0.25) is 0 Å². The van der Waals surface area contributed by atoms with E-state index >= 15 is 0 Å². The number of benzene rings is 2. The molecule has 0 atom stereocenters. The van der Waals surface area contributed by atoms with Crippen molar-refractivity contribution < 1.29 is 17.2 Å². The molecule has 0 N–H and O–H groups in total. The molecule has 3 rings (SSSR count). The lowest BCUT2D eigenvalue weighted by atomic mass is 10.2. The van der Waals surface area contributed by atoms with Crippen molar-refractivity contribution in [3.63, 3.8) is 0 Å². The maximum absolute atomic E-state index is 14.0. The van der Waals surface area contributed by atoms with E-state index in [1.165, 1.54) is 40.7 Å². The lowest BCUT2D eigenvalue weighted by Gasteiger charge is -2.23. The van der Waals surface area contributed by atoms with E-state index in [4.69, 9.17) is 11.6 Å². The van der Waals surface area contributed by atoms with Crippen LogP contribution in [0.4, 0.5) is 8.78 Å². The van der Waals surface area contributed by atoms with Gasteiger partial charge in [0.2, 0.25) is 10.0 Å². The Morgan fingerprint density at radius 1 is 1.12 bits per heavy atom. The number of halogens is 3. The molecule has 0 bridgehead atoms. The fourth-order valence-corrected chi connectivity index (χ4v) is 4.56. The second-order valence-electron chi connectivity index (χ2n) is 5.86. The third-order valence-electron chi connectivity index (χ3n) is 3.93. The first-order chi connectivity index (χ1) is 11.4. The van der Waals surface area contributed by atoms with Crippen molar-refractivity contribution in [2.24, 2.45) is 0 Å². The highest BCUT2D eigenvalue weighted by atomic mass is 35.5. The van der Waals surface area contributed by atoms with E-state index in [-0.39, 0.29) is 28.9 Å². The molecule has 3 nitrogen and oxygen atoms in total. The van der Waals surface area contributed by atoms with Crippen molar-refractivity contribution in [1.82, 2.24) is 4.31 Å². The Hall–Kier alpha value is -1.50. The number of hydrogen-bond donors (Lipinski definition) is 0. The van der Waals surface area contributed by atoms with Crippen LogP contribution < -0.4 is 0 Å². The molecule has 128 valence electrons. The average Bonchev–Trinajstić information content (AvgIpc) is 3.30. The van der Waals surface area contributed by atoms with Gasteiger partial charge >= 0.3 is 0 Å². The minimum Gasteiger partial charge on any atom is -0.212 e. The molecule has 0 aromatic heterocycles. The quantitative estimate of drug-likeness (QED) is 0.766. The second-order valence-corrected chi connectivity index (χ2v) is 8.19. The molecule has 0 amide bonds. The van der Waals surface area contributed by atoms with Gasteiger partial charge in [-0.1, -0.05) is 29.8 Å². The monoisotopic (exact) mass is 371 g/mol. The molecule has 0 spiro atoms. The summed E-state index contributed by atoms with van der Waals surface area (Å²) in [6, 6.07) is 9.59. The van der Waals surface area contributed by atoms with Gasteiger partial charge in [0, 0.05) is 23.2 Å². The zero-order chi connectivity index (χ0) is 17.3. The predicted octanol–water partition coefficient (Wildman–Crippen LogP) is 4.11. The Morgan fingerprint density at radius 2 is 1.83 bits per heavy atom. The lowest BCUT2D eigenvalue weighted by molar-refractivity contribution is 0.391. The number of rotatable bonds is 6. The lowest BCUT2D eigenvalue weighted by Crippen LogP contribution is -2.34. The zero-order valence-electron chi connectivity index (χ0n) is 12.8. The van der Waals surface area contributed by atoms with Crippen LogP contribution in [0.3, 0.4) is 0 Å². The van der Waals surface area contributed by atoms with Gasteiger partial charge in [0.05, 0.1) is 5.75 Å². The molecule has 2 aromatic carbocycles. The minimum absolute atomic E-state index is 0.117. The van der Waals surface area contributed by atoms with Crippen LogP contribution in [0.5, 0.6) is 0 Å². The Kier molecular flexibility index (Phi) is 4.90. The molecule has 0 radical (unpaired) electrons.